The molecule has 1 saturated carbocycles. The number of nitrogens with one attached hydrogen (secondary N) is 1. The number of hydrogen-bond acceptors (Lipinski definition) is 7. The molecule has 0 radical (unpaired) electrons. The van der Waals surface area contributed by atoms with Crippen molar-refractivity contribution in [3.05, 3.63) is 59.8 Å². The first-order valence-corrected chi connectivity index (χ1v) is 15.0. The zero-order valence-electron chi connectivity index (χ0n) is 21.7. The van der Waals surface area contributed by atoms with Crippen LogP contribution in [0.25, 0.3) is 15.3 Å². The van der Waals surface area contributed by atoms with Gasteiger partial charge in [-0.15, -0.1) is 0 Å². The van der Waals surface area contributed by atoms with Crippen molar-refractivity contribution in [2.75, 3.05) is 19.0 Å². The van der Waals surface area contributed by atoms with Gasteiger partial charge in [-0.1, -0.05) is 37.5 Å². The summed E-state index contributed by atoms with van der Waals surface area (Å²) >= 11 is 1.44. The Balaban J connectivity index is 1.36. The lowest BCUT2D eigenvalue weighted by molar-refractivity contribution is 0.102. The molecule has 5 rings (SSSR count). The number of aromatic nitrogens is 3. The van der Waals surface area contributed by atoms with Gasteiger partial charge < -0.3 is 10.1 Å². The molecule has 2 heterocycles. The van der Waals surface area contributed by atoms with Crippen molar-refractivity contribution in [2.45, 2.75) is 56.9 Å². The zero-order chi connectivity index (χ0) is 26.9. The average Bonchev–Trinajstić information content (AvgIpc) is 3.51. The third-order valence-electron chi connectivity index (χ3n) is 6.86. The van der Waals surface area contributed by atoms with E-state index >= 15 is 0 Å². The second kappa shape index (κ2) is 10.8. The summed E-state index contributed by atoms with van der Waals surface area (Å²) in [7, 11) is -2.02. The van der Waals surface area contributed by atoms with Gasteiger partial charge in [0, 0.05) is 24.2 Å². The van der Waals surface area contributed by atoms with Gasteiger partial charge >= 0.3 is 0 Å². The number of nitrogens with zero attached hydrogens (tertiary/aromatic N) is 4. The number of thiazole rings is 1. The normalized spacial score (nSPS) is 14.7. The molecule has 2 aromatic heterocycles. The fraction of sp³-hybridized carbons (Fsp3) is 0.370. The molecule has 0 spiro atoms. The van der Waals surface area contributed by atoms with Gasteiger partial charge in [-0.25, -0.2) is 13.4 Å². The Hall–Kier alpha value is -3.28. The van der Waals surface area contributed by atoms with E-state index in [-0.39, 0.29) is 16.8 Å². The summed E-state index contributed by atoms with van der Waals surface area (Å²) in [6.07, 6.45) is 5.05. The Morgan fingerprint density at radius 2 is 1.87 bits per heavy atom. The van der Waals surface area contributed by atoms with Crippen LogP contribution in [0.15, 0.2) is 53.4 Å². The van der Waals surface area contributed by atoms with Gasteiger partial charge in [0.05, 0.1) is 27.9 Å². The Kier molecular flexibility index (Phi) is 7.51. The summed E-state index contributed by atoms with van der Waals surface area (Å²) < 4.78 is 36.2. The lowest BCUT2D eigenvalue weighted by atomic mass is 9.95. The van der Waals surface area contributed by atoms with E-state index in [0.717, 1.165) is 53.8 Å². The van der Waals surface area contributed by atoms with Gasteiger partial charge in [-0.3, -0.25) is 4.79 Å². The van der Waals surface area contributed by atoms with E-state index in [9.17, 15) is 13.2 Å². The molecule has 0 bridgehead atoms. The highest BCUT2D eigenvalue weighted by Crippen LogP contribution is 2.31. The van der Waals surface area contributed by atoms with Crippen LogP contribution in [0.5, 0.6) is 5.75 Å². The van der Waals surface area contributed by atoms with Gasteiger partial charge in [0.1, 0.15) is 11.6 Å². The third kappa shape index (κ3) is 5.18. The Bertz CT molecular complexity index is 1550. The van der Waals surface area contributed by atoms with Crippen LogP contribution in [0.4, 0.5) is 5.82 Å². The standard InChI is InChI=1S/C27H31N5O4S2/c1-4-31(20-8-6-5-7-9-20)38(34,35)22-13-10-19(11-14-22)26(33)29-25-16-18(2)30-32(25)27-28-23-15-12-21(36-3)17-24(23)37-27/h10-17,20H,4-9H2,1-3H3,(H,29,33). The van der Waals surface area contributed by atoms with Gasteiger partial charge in [-0.2, -0.15) is 14.1 Å². The molecule has 9 nitrogen and oxygen atoms in total. The summed E-state index contributed by atoms with van der Waals surface area (Å²) in [5.74, 6) is 0.853. The maximum Gasteiger partial charge on any atom is 0.256 e. The number of fused-ring (bicyclic) bond motifs is 1. The molecule has 0 atom stereocenters. The number of carbonyl (C=O) groups excluding carboxylic acids is 1. The molecule has 0 unspecified atom stereocenters. The lowest BCUT2D eigenvalue weighted by Gasteiger charge is -2.32. The Morgan fingerprint density at radius 3 is 2.55 bits per heavy atom. The molecule has 200 valence electrons. The number of anilines is 1. The number of benzene rings is 2. The molecule has 1 fully saturated rings. The van der Waals surface area contributed by atoms with Gasteiger partial charge in [0.2, 0.25) is 15.2 Å². The molecule has 0 saturated heterocycles. The van der Waals surface area contributed by atoms with Crippen molar-refractivity contribution in [3.63, 3.8) is 0 Å². The van der Waals surface area contributed by atoms with Gasteiger partial charge in [0.25, 0.3) is 5.91 Å². The highest BCUT2D eigenvalue weighted by Gasteiger charge is 2.31. The second-order valence-corrected chi connectivity index (χ2v) is 12.3. The van der Waals surface area contributed by atoms with Crippen LogP contribution in [0.3, 0.4) is 0 Å². The first-order chi connectivity index (χ1) is 18.3. The van der Waals surface area contributed by atoms with Crippen LogP contribution in [-0.4, -0.2) is 53.1 Å². The minimum atomic E-state index is -3.64. The Labute approximate surface area is 226 Å². The topological polar surface area (TPSA) is 106 Å². The highest BCUT2D eigenvalue weighted by molar-refractivity contribution is 7.89. The van der Waals surface area contributed by atoms with Crippen molar-refractivity contribution in [1.82, 2.24) is 19.1 Å². The molecular weight excluding hydrogens is 522 g/mol. The summed E-state index contributed by atoms with van der Waals surface area (Å²) in [6, 6.07) is 13.6. The molecule has 1 aliphatic rings. The highest BCUT2D eigenvalue weighted by atomic mass is 32.2. The molecule has 1 N–H and O–H groups in total. The lowest BCUT2D eigenvalue weighted by Crippen LogP contribution is -2.41. The van der Waals surface area contributed by atoms with Crippen LogP contribution >= 0.6 is 11.3 Å². The summed E-state index contributed by atoms with van der Waals surface area (Å²) in [5.41, 5.74) is 1.88. The fourth-order valence-corrected chi connectivity index (χ4v) is 7.59. The van der Waals surface area contributed by atoms with Crippen LogP contribution < -0.4 is 10.1 Å². The van der Waals surface area contributed by atoms with E-state index in [1.165, 1.54) is 23.5 Å². The maximum absolute atomic E-state index is 13.4. The van der Waals surface area contributed by atoms with E-state index in [1.807, 2.05) is 32.0 Å². The zero-order valence-corrected chi connectivity index (χ0v) is 23.3. The first kappa shape index (κ1) is 26.3. The quantitative estimate of drug-likeness (QED) is 0.313. The van der Waals surface area contributed by atoms with Crippen LogP contribution in [0, 0.1) is 6.92 Å². The Morgan fingerprint density at radius 1 is 1.13 bits per heavy atom. The SMILES string of the molecule is CCN(C1CCCCC1)S(=O)(=O)c1ccc(C(=O)Nc2cc(C)nn2-c2nc3ccc(OC)cc3s2)cc1. The minimum Gasteiger partial charge on any atom is -0.497 e. The average molecular weight is 554 g/mol. The largest absolute Gasteiger partial charge is 0.497 e. The molecule has 2 aromatic carbocycles. The van der Waals surface area contributed by atoms with E-state index < -0.39 is 10.0 Å². The van der Waals surface area contributed by atoms with Crippen molar-refractivity contribution in [2.24, 2.45) is 0 Å². The van der Waals surface area contributed by atoms with Crippen molar-refractivity contribution < 1.29 is 17.9 Å². The predicted octanol–water partition coefficient (Wildman–Crippen LogP) is 5.39. The van der Waals surface area contributed by atoms with Crippen molar-refractivity contribution in [3.8, 4) is 10.9 Å². The van der Waals surface area contributed by atoms with Crippen LogP contribution in [-0.2, 0) is 10.0 Å². The number of amides is 1. The van der Waals surface area contributed by atoms with Crippen molar-refractivity contribution in [1.29, 1.82) is 0 Å². The van der Waals surface area contributed by atoms with E-state index in [0.29, 0.717) is 23.1 Å². The monoisotopic (exact) mass is 553 g/mol. The molecule has 38 heavy (non-hydrogen) atoms. The third-order valence-corrected chi connectivity index (χ3v) is 9.89. The number of aryl methyl sites for hydroxylation is 1. The number of rotatable bonds is 8. The fourth-order valence-electron chi connectivity index (χ4n) is 4.94. The molecule has 1 amide bonds. The van der Waals surface area contributed by atoms with Gasteiger partial charge in [0.15, 0.2) is 0 Å². The number of hydrogen-bond donors (Lipinski definition) is 1. The number of sulfonamides is 1. The summed E-state index contributed by atoms with van der Waals surface area (Å²) in [4.78, 5) is 18.0. The molecule has 1 aliphatic carbocycles. The number of carbonyl (C=O) groups is 1. The van der Waals surface area contributed by atoms with E-state index in [1.54, 1.807) is 34.3 Å². The number of ether oxygens (including phenoxy) is 1. The van der Waals surface area contributed by atoms with Gasteiger partial charge in [-0.05, 0) is 62.2 Å². The second-order valence-electron chi connectivity index (χ2n) is 9.39. The van der Waals surface area contributed by atoms with Crippen LogP contribution in [0.1, 0.15) is 55.1 Å². The minimum absolute atomic E-state index is 0.0360. The predicted molar refractivity (Wildman–Crippen MR) is 149 cm³/mol. The summed E-state index contributed by atoms with van der Waals surface area (Å²) in [5, 5.41) is 8.03. The van der Waals surface area contributed by atoms with Crippen LogP contribution in [0.2, 0.25) is 0 Å². The smallest absolute Gasteiger partial charge is 0.256 e. The van der Waals surface area contributed by atoms with E-state index in [2.05, 4.69) is 15.4 Å². The molecular formula is C27H31N5O4S2. The maximum atomic E-state index is 13.4. The molecule has 4 aromatic rings. The first-order valence-electron chi connectivity index (χ1n) is 12.7. The molecule has 0 aliphatic heterocycles. The summed E-state index contributed by atoms with van der Waals surface area (Å²) in [6.45, 7) is 4.14. The molecule has 11 heteroatoms. The van der Waals surface area contributed by atoms with E-state index in [4.69, 9.17) is 4.74 Å². The van der Waals surface area contributed by atoms with Crippen molar-refractivity contribution >= 4 is 43.3 Å². The number of methoxy groups -OCH3 is 1.